The highest BCUT2D eigenvalue weighted by atomic mass is 15.1. The van der Waals surface area contributed by atoms with Gasteiger partial charge in [0.15, 0.2) is 0 Å². The number of fused-ring (bicyclic) bond motifs is 1. The smallest absolute Gasteiger partial charge is 0.223 e. The Hall–Kier alpha value is -2.43. The van der Waals surface area contributed by atoms with Crippen LogP contribution in [-0.2, 0) is 6.54 Å². The van der Waals surface area contributed by atoms with Crippen molar-refractivity contribution in [2.45, 2.75) is 27.3 Å². The second-order valence-electron chi connectivity index (χ2n) is 5.03. The number of imidazole rings is 1. The molecule has 0 aliphatic rings. The van der Waals surface area contributed by atoms with Crippen LogP contribution in [0.25, 0.3) is 5.65 Å². The second kappa shape index (κ2) is 4.92. The van der Waals surface area contributed by atoms with Gasteiger partial charge in [-0.3, -0.25) is 0 Å². The molecule has 102 valence electrons. The zero-order valence-corrected chi connectivity index (χ0v) is 11.9. The molecule has 0 aromatic carbocycles. The summed E-state index contributed by atoms with van der Waals surface area (Å²) < 4.78 is 2.02. The third-order valence-electron chi connectivity index (χ3n) is 3.08. The van der Waals surface area contributed by atoms with E-state index < -0.39 is 0 Å². The van der Waals surface area contributed by atoms with E-state index in [0.29, 0.717) is 12.5 Å². The number of aryl methyl sites for hydroxylation is 3. The summed E-state index contributed by atoms with van der Waals surface area (Å²) in [7, 11) is 0. The van der Waals surface area contributed by atoms with Crippen LogP contribution in [0.3, 0.4) is 0 Å². The Kier molecular flexibility index (Phi) is 3.10. The molecular weight excluding hydrogens is 250 g/mol. The predicted octanol–water partition coefficient (Wildman–Crippen LogP) is 2.66. The Bertz CT molecular complexity index is 740. The van der Waals surface area contributed by atoms with Crippen molar-refractivity contribution in [1.82, 2.24) is 19.4 Å². The standard InChI is InChI=1S/C15H17N5/c1-10-4-5-20-9-13(19-14(20)6-10)8-16-15-17-11(2)7-12(3)18-15/h4-7,9H,8H2,1-3H3,(H,16,17,18). The predicted molar refractivity (Wildman–Crippen MR) is 78.8 cm³/mol. The summed E-state index contributed by atoms with van der Waals surface area (Å²) in [6.45, 7) is 6.61. The first kappa shape index (κ1) is 12.6. The molecule has 5 heteroatoms. The molecule has 3 aromatic rings. The molecule has 0 saturated carbocycles. The number of hydrogen-bond donors (Lipinski definition) is 1. The van der Waals surface area contributed by atoms with Crippen LogP contribution in [0.5, 0.6) is 0 Å². The van der Waals surface area contributed by atoms with E-state index in [4.69, 9.17) is 0 Å². The average Bonchev–Trinajstić information content (AvgIpc) is 2.77. The van der Waals surface area contributed by atoms with E-state index in [1.165, 1.54) is 5.56 Å². The van der Waals surface area contributed by atoms with Crippen molar-refractivity contribution in [3.05, 3.63) is 53.2 Å². The summed E-state index contributed by atoms with van der Waals surface area (Å²) in [5.41, 5.74) is 5.07. The van der Waals surface area contributed by atoms with Crippen molar-refractivity contribution < 1.29 is 0 Å². The first-order chi connectivity index (χ1) is 9.60. The lowest BCUT2D eigenvalue weighted by Crippen LogP contribution is -2.05. The summed E-state index contributed by atoms with van der Waals surface area (Å²) in [6, 6.07) is 6.09. The Balaban J connectivity index is 1.79. The van der Waals surface area contributed by atoms with E-state index in [9.17, 15) is 0 Å². The van der Waals surface area contributed by atoms with Gasteiger partial charge in [-0.2, -0.15) is 0 Å². The molecule has 3 aromatic heterocycles. The van der Waals surface area contributed by atoms with Gasteiger partial charge < -0.3 is 9.72 Å². The molecule has 5 nitrogen and oxygen atoms in total. The van der Waals surface area contributed by atoms with Crippen molar-refractivity contribution in [2.24, 2.45) is 0 Å². The summed E-state index contributed by atoms with van der Waals surface area (Å²) in [5, 5.41) is 3.22. The average molecular weight is 267 g/mol. The number of hydrogen-bond acceptors (Lipinski definition) is 4. The molecule has 0 amide bonds. The van der Waals surface area contributed by atoms with Crippen molar-refractivity contribution >= 4 is 11.6 Å². The van der Waals surface area contributed by atoms with Gasteiger partial charge in [-0.1, -0.05) is 0 Å². The van der Waals surface area contributed by atoms with Crippen molar-refractivity contribution in [1.29, 1.82) is 0 Å². The molecule has 3 heterocycles. The number of pyridine rings is 1. The number of nitrogens with one attached hydrogen (secondary N) is 1. The molecule has 1 N–H and O–H groups in total. The highest BCUT2D eigenvalue weighted by molar-refractivity contribution is 5.43. The van der Waals surface area contributed by atoms with Crippen LogP contribution in [0.15, 0.2) is 30.6 Å². The number of anilines is 1. The molecular formula is C15H17N5. The third-order valence-corrected chi connectivity index (χ3v) is 3.08. The maximum Gasteiger partial charge on any atom is 0.223 e. The fourth-order valence-electron chi connectivity index (χ4n) is 2.20. The Morgan fingerprint density at radius 3 is 2.55 bits per heavy atom. The van der Waals surface area contributed by atoms with Gasteiger partial charge >= 0.3 is 0 Å². The first-order valence-corrected chi connectivity index (χ1v) is 6.60. The third kappa shape index (κ3) is 2.61. The molecule has 0 bridgehead atoms. The summed E-state index contributed by atoms with van der Waals surface area (Å²) in [5.74, 6) is 0.649. The van der Waals surface area contributed by atoms with Crippen molar-refractivity contribution in [3.8, 4) is 0 Å². The van der Waals surface area contributed by atoms with Gasteiger partial charge in [0.1, 0.15) is 5.65 Å². The molecule has 0 saturated heterocycles. The Morgan fingerprint density at radius 1 is 1.05 bits per heavy atom. The maximum absolute atomic E-state index is 4.58. The van der Waals surface area contributed by atoms with E-state index in [1.807, 2.05) is 36.7 Å². The summed E-state index contributed by atoms with van der Waals surface area (Å²) in [4.78, 5) is 13.3. The molecule has 0 unspecified atom stereocenters. The van der Waals surface area contributed by atoms with Gasteiger partial charge in [0.05, 0.1) is 12.2 Å². The zero-order valence-electron chi connectivity index (χ0n) is 11.9. The van der Waals surface area contributed by atoms with Crippen LogP contribution in [0.4, 0.5) is 5.95 Å². The Labute approximate surface area is 117 Å². The number of nitrogens with zero attached hydrogens (tertiary/aromatic N) is 4. The SMILES string of the molecule is Cc1ccn2cc(CNc3nc(C)cc(C)n3)nc2c1. The molecule has 0 fully saturated rings. The van der Waals surface area contributed by atoms with Gasteiger partial charge in [-0.25, -0.2) is 15.0 Å². The highest BCUT2D eigenvalue weighted by Gasteiger charge is 2.03. The molecule has 3 rings (SSSR count). The van der Waals surface area contributed by atoms with Gasteiger partial charge in [-0.05, 0) is 44.5 Å². The van der Waals surface area contributed by atoms with Crippen LogP contribution in [-0.4, -0.2) is 19.4 Å². The largest absolute Gasteiger partial charge is 0.348 e. The lowest BCUT2D eigenvalue weighted by atomic mass is 10.3. The van der Waals surface area contributed by atoms with E-state index in [-0.39, 0.29) is 0 Å². The zero-order chi connectivity index (χ0) is 14.1. The summed E-state index contributed by atoms with van der Waals surface area (Å²) in [6.07, 6.45) is 4.04. The monoisotopic (exact) mass is 267 g/mol. The fraction of sp³-hybridized carbons (Fsp3) is 0.267. The van der Waals surface area contributed by atoms with Crippen LogP contribution in [0.1, 0.15) is 22.6 Å². The minimum atomic E-state index is 0.615. The number of aromatic nitrogens is 4. The molecule has 20 heavy (non-hydrogen) atoms. The van der Waals surface area contributed by atoms with E-state index in [2.05, 4.69) is 39.3 Å². The quantitative estimate of drug-likeness (QED) is 0.792. The maximum atomic E-state index is 4.58. The van der Waals surface area contributed by atoms with Crippen LogP contribution in [0, 0.1) is 20.8 Å². The normalized spacial score (nSPS) is 10.9. The molecule has 0 radical (unpaired) electrons. The lowest BCUT2D eigenvalue weighted by molar-refractivity contribution is 0.985. The minimum absolute atomic E-state index is 0.615. The van der Waals surface area contributed by atoms with Gasteiger partial charge in [0, 0.05) is 23.8 Å². The highest BCUT2D eigenvalue weighted by Crippen LogP contribution is 2.09. The van der Waals surface area contributed by atoms with Crippen LogP contribution >= 0.6 is 0 Å². The summed E-state index contributed by atoms with van der Waals surface area (Å²) >= 11 is 0. The molecule has 0 spiro atoms. The van der Waals surface area contributed by atoms with Crippen molar-refractivity contribution in [2.75, 3.05) is 5.32 Å². The van der Waals surface area contributed by atoms with Gasteiger partial charge in [0.2, 0.25) is 5.95 Å². The van der Waals surface area contributed by atoms with Crippen LogP contribution in [0.2, 0.25) is 0 Å². The van der Waals surface area contributed by atoms with E-state index in [0.717, 1.165) is 22.7 Å². The molecule has 0 atom stereocenters. The van der Waals surface area contributed by atoms with Crippen molar-refractivity contribution in [3.63, 3.8) is 0 Å². The van der Waals surface area contributed by atoms with Crippen LogP contribution < -0.4 is 5.32 Å². The first-order valence-electron chi connectivity index (χ1n) is 6.60. The minimum Gasteiger partial charge on any atom is -0.348 e. The molecule has 0 aliphatic heterocycles. The van der Waals surface area contributed by atoms with Gasteiger partial charge in [-0.15, -0.1) is 0 Å². The lowest BCUT2D eigenvalue weighted by Gasteiger charge is -2.04. The number of rotatable bonds is 3. The van der Waals surface area contributed by atoms with E-state index in [1.54, 1.807) is 0 Å². The van der Waals surface area contributed by atoms with Gasteiger partial charge in [0.25, 0.3) is 0 Å². The molecule has 0 aliphatic carbocycles. The topological polar surface area (TPSA) is 55.1 Å². The Morgan fingerprint density at radius 2 is 1.80 bits per heavy atom. The second-order valence-corrected chi connectivity index (χ2v) is 5.03. The van der Waals surface area contributed by atoms with E-state index >= 15 is 0 Å². The fourth-order valence-corrected chi connectivity index (χ4v) is 2.20.